The van der Waals surface area contributed by atoms with Crippen LogP contribution in [0.1, 0.15) is 31.0 Å². The van der Waals surface area contributed by atoms with Crippen LogP contribution in [0.3, 0.4) is 0 Å². The first-order valence-electron chi connectivity index (χ1n) is 8.55. The number of fused-ring (bicyclic) bond motifs is 1. The summed E-state index contributed by atoms with van der Waals surface area (Å²) in [6.45, 7) is 0. The van der Waals surface area contributed by atoms with Crippen molar-refractivity contribution in [3.8, 4) is 0 Å². The minimum atomic E-state index is -0.615. The second kappa shape index (κ2) is 8.07. The zero-order chi connectivity index (χ0) is 19.5. The highest BCUT2D eigenvalue weighted by Crippen LogP contribution is 2.45. The van der Waals surface area contributed by atoms with E-state index in [1.807, 2.05) is 35.7 Å². The molecule has 28 heavy (non-hydrogen) atoms. The smallest absolute Gasteiger partial charge is 0.267 e. The SMILES string of the molecule is O=C(NNC(=O)c1n[nH]c(=O)c2ccccc12)c1ccc(C2SCCS2)cc1. The summed E-state index contributed by atoms with van der Waals surface area (Å²) < 4.78 is 0.413. The molecule has 4 rings (SSSR count). The van der Waals surface area contributed by atoms with Gasteiger partial charge in [0.2, 0.25) is 0 Å². The van der Waals surface area contributed by atoms with Gasteiger partial charge in [0.15, 0.2) is 5.69 Å². The number of carbonyl (C=O) groups is 2. The van der Waals surface area contributed by atoms with Gasteiger partial charge in [0.1, 0.15) is 0 Å². The van der Waals surface area contributed by atoms with Gasteiger partial charge in [-0.15, -0.1) is 23.5 Å². The number of thioether (sulfide) groups is 2. The number of nitrogens with zero attached hydrogens (tertiary/aromatic N) is 1. The zero-order valence-corrected chi connectivity index (χ0v) is 16.2. The summed E-state index contributed by atoms with van der Waals surface area (Å²) in [6, 6.07) is 14.0. The maximum Gasteiger partial charge on any atom is 0.290 e. The Kier molecular flexibility index (Phi) is 5.36. The molecule has 1 aliphatic rings. The summed E-state index contributed by atoms with van der Waals surface area (Å²) in [6.07, 6.45) is 0. The third-order valence-electron chi connectivity index (χ3n) is 4.27. The number of carbonyl (C=O) groups excluding carboxylic acids is 2. The molecule has 0 radical (unpaired) electrons. The first-order chi connectivity index (χ1) is 13.6. The third kappa shape index (κ3) is 3.76. The number of nitrogens with one attached hydrogen (secondary N) is 3. The van der Waals surface area contributed by atoms with E-state index in [1.54, 1.807) is 36.4 Å². The lowest BCUT2D eigenvalue weighted by Crippen LogP contribution is -2.42. The molecule has 7 nitrogen and oxygen atoms in total. The van der Waals surface area contributed by atoms with Crippen molar-refractivity contribution in [1.29, 1.82) is 0 Å². The predicted octanol–water partition coefficient (Wildman–Crippen LogP) is 2.48. The van der Waals surface area contributed by atoms with Crippen LogP contribution in [0.25, 0.3) is 10.8 Å². The van der Waals surface area contributed by atoms with E-state index in [1.165, 1.54) is 5.56 Å². The van der Waals surface area contributed by atoms with E-state index in [2.05, 4.69) is 21.0 Å². The van der Waals surface area contributed by atoms with Crippen LogP contribution in [0.4, 0.5) is 0 Å². The lowest BCUT2D eigenvalue weighted by Gasteiger charge is -2.10. The Morgan fingerprint density at radius 2 is 1.57 bits per heavy atom. The van der Waals surface area contributed by atoms with Crippen LogP contribution >= 0.6 is 23.5 Å². The Balaban J connectivity index is 1.44. The van der Waals surface area contributed by atoms with E-state index >= 15 is 0 Å². The van der Waals surface area contributed by atoms with Crippen LogP contribution in [0.5, 0.6) is 0 Å². The summed E-state index contributed by atoms with van der Waals surface area (Å²) in [5.41, 5.74) is 6.00. The summed E-state index contributed by atoms with van der Waals surface area (Å²) in [7, 11) is 0. The molecule has 0 bridgehead atoms. The fourth-order valence-corrected chi connectivity index (χ4v) is 5.73. The number of benzene rings is 2. The molecule has 3 aromatic rings. The molecule has 0 saturated carbocycles. The standard InChI is InChI=1S/C19H16N4O3S2/c24-16(11-5-7-12(8-6-11)19-27-9-10-28-19)21-23-18(26)15-13-3-1-2-4-14(13)17(25)22-20-15/h1-8,19H,9-10H2,(H,21,24)(H,22,25)(H,23,26). The van der Waals surface area contributed by atoms with Gasteiger partial charge < -0.3 is 0 Å². The topological polar surface area (TPSA) is 104 Å². The molecule has 142 valence electrons. The van der Waals surface area contributed by atoms with E-state index in [-0.39, 0.29) is 11.3 Å². The zero-order valence-electron chi connectivity index (χ0n) is 14.6. The monoisotopic (exact) mass is 412 g/mol. The summed E-state index contributed by atoms with van der Waals surface area (Å²) in [5, 5.41) is 6.87. The number of H-pyrrole nitrogens is 1. The molecule has 3 N–H and O–H groups in total. The molecule has 1 fully saturated rings. The molecule has 0 unspecified atom stereocenters. The van der Waals surface area contributed by atoms with E-state index in [0.29, 0.717) is 20.9 Å². The molecule has 1 aromatic heterocycles. The fraction of sp³-hybridized carbons (Fsp3) is 0.158. The Labute approximate surface area is 168 Å². The van der Waals surface area contributed by atoms with E-state index in [0.717, 1.165) is 11.5 Å². The maximum atomic E-state index is 12.4. The van der Waals surface area contributed by atoms with Gasteiger partial charge in [0.25, 0.3) is 17.4 Å². The molecule has 1 aliphatic heterocycles. The minimum Gasteiger partial charge on any atom is -0.267 e. The number of aromatic amines is 1. The van der Waals surface area contributed by atoms with Gasteiger partial charge >= 0.3 is 0 Å². The normalized spacial score (nSPS) is 14.1. The number of aromatic nitrogens is 2. The Morgan fingerprint density at radius 3 is 2.29 bits per heavy atom. The van der Waals surface area contributed by atoms with E-state index in [4.69, 9.17) is 0 Å². The molecule has 0 atom stereocenters. The molecule has 0 spiro atoms. The summed E-state index contributed by atoms with van der Waals surface area (Å²) >= 11 is 3.79. The summed E-state index contributed by atoms with van der Waals surface area (Å²) in [5.74, 6) is 1.23. The van der Waals surface area contributed by atoms with Crippen LogP contribution in [-0.4, -0.2) is 33.5 Å². The van der Waals surface area contributed by atoms with Crippen LogP contribution in [0.15, 0.2) is 53.3 Å². The first kappa shape index (κ1) is 18.6. The van der Waals surface area contributed by atoms with Crippen LogP contribution in [0, 0.1) is 0 Å². The van der Waals surface area contributed by atoms with Gasteiger partial charge in [-0.05, 0) is 23.8 Å². The van der Waals surface area contributed by atoms with Crippen LogP contribution < -0.4 is 16.4 Å². The molecule has 1 saturated heterocycles. The van der Waals surface area contributed by atoms with Crippen molar-refractivity contribution in [3.63, 3.8) is 0 Å². The van der Waals surface area contributed by atoms with E-state index < -0.39 is 11.8 Å². The molecular formula is C19H16N4O3S2. The molecule has 2 aromatic carbocycles. The minimum absolute atomic E-state index is 0.0288. The van der Waals surface area contributed by atoms with Crippen LogP contribution in [-0.2, 0) is 0 Å². The molecule has 9 heteroatoms. The average molecular weight is 412 g/mol. The van der Waals surface area contributed by atoms with Gasteiger partial charge in [-0.2, -0.15) is 5.10 Å². The predicted molar refractivity (Wildman–Crippen MR) is 111 cm³/mol. The second-order valence-electron chi connectivity index (χ2n) is 6.05. The van der Waals surface area contributed by atoms with Gasteiger partial charge in [0.05, 0.1) is 9.97 Å². The van der Waals surface area contributed by atoms with Crippen molar-refractivity contribution in [3.05, 3.63) is 75.7 Å². The highest BCUT2D eigenvalue weighted by Gasteiger charge is 2.19. The van der Waals surface area contributed by atoms with E-state index in [9.17, 15) is 14.4 Å². The fourth-order valence-electron chi connectivity index (χ4n) is 2.88. The largest absolute Gasteiger partial charge is 0.290 e. The molecule has 2 amide bonds. The Morgan fingerprint density at radius 1 is 0.929 bits per heavy atom. The lowest BCUT2D eigenvalue weighted by atomic mass is 10.1. The summed E-state index contributed by atoms with van der Waals surface area (Å²) in [4.78, 5) is 36.5. The number of hydrogen-bond acceptors (Lipinski definition) is 6. The van der Waals surface area contributed by atoms with Crippen LogP contribution in [0.2, 0.25) is 0 Å². The Bertz CT molecular complexity index is 1090. The van der Waals surface area contributed by atoms with Gasteiger partial charge in [-0.1, -0.05) is 30.3 Å². The number of amides is 2. The van der Waals surface area contributed by atoms with Crippen molar-refractivity contribution in [2.45, 2.75) is 4.58 Å². The van der Waals surface area contributed by atoms with Crippen molar-refractivity contribution in [2.24, 2.45) is 0 Å². The number of rotatable bonds is 3. The maximum absolute atomic E-state index is 12.4. The van der Waals surface area contributed by atoms with Crippen molar-refractivity contribution in [1.82, 2.24) is 21.0 Å². The molecule has 0 aliphatic carbocycles. The van der Waals surface area contributed by atoms with Crippen molar-refractivity contribution < 1.29 is 9.59 Å². The van der Waals surface area contributed by atoms with Crippen molar-refractivity contribution >= 4 is 46.1 Å². The third-order valence-corrected chi connectivity index (χ3v) is 7.37. The van der Waals surface area contributed by atoms with Gasteiger partial charge in [-0.3, -0.25) is 25.2 Å². The molecule has 2 heterocycles. The average Bonchev–Trinajstić information content (AvgIpc) is 3.27. The van der Waals surface area contributed by atoms with Crippen molar-refractivity contribution in [2.75, 3.05) is 11.5 Å². The quantitative estimate of drug-likeness (QED) is 0.571. The highest BCUT2D eigenvalue weighted by molar-refractivity contribution is 8.19. The second-order valence-corrected chi connectivity index (χ2v) is 8.78. The lowest BCUT2D eigenvalue weighted by molar-refractivity contribution is 0.0844. The number of hydrogen-bond donors (Lipinski definition) is 3. The van der Waals surface area contributed by atoms with Gasteiger partial charge in [-0.25, -0.2) is 5.10 Å². The number of hydrazine groups is 1. The van der Waals surface area contributed by atoms with Gasteiger partial charge in [0, 0.05) is 22.5 Å². The Hall–Kier alpha value is -2.78. The first-order valence-corrected chi connectivity index (χ1v) is 10.6. The highest BCUT2D eigenvalue weighted by atomic mass is 32.2. The molecular weight excluding hydrogens is 396 g/mol.